The Kier molecular flexibility index (Phi) is 4.79. The number of carbonyl (C=O) groups excluding carboxylic acids is 1. The van der Waals surface area contributed by atoms with Gasteiger partial charge in [0, 0.05) is 49.8 Å². The first-order chi connectivity index (χ1) is 8.91. The van der Waals surface area contributed by atoms with Crippen LogP contribution in [0.5, 0.6) is 0 Å². The maximum atomic E-state index is 12.9. The molecule has 2 saturated heterocycles. The Morgan fingerprint density at radius 1 is 1.16 bits per heavy atom. The zero-order valence-corrected chi connectivity index (χ0v) is 13.4. The van der Waals surface area contributed by atoms with E-state index < -0.39 is 0 Å². The predicted molar refractivity (Wildman–Crippen MR) is 81.6 cm³/mol. The molecule has 0 bridgehead atoms. The highest BCUT2D eigenvalue weighted by atomic mass is 32.2. The van der Waals surface area contributed by atoms with Crippen LogP contribution in [0.15, 0.2) is 0 Å². The molecule has 1 amide bonds. The molecule has 2 fully saturated rings. The summed E-state index contributed by atoms with van der Waals surface area (Å²) in [7, 11) is 0. The fraction of sp³-hybridized carbons (Fsp3) is 0.929. The van der Waals surface area contributed by atoms with Crippen LogP contribution in [-0.2, 0) is 4.79 Å². The average Bonchev–Trinajstić information content (AvgIpc) is 2.37. The van der Waals surface area contributed by atoms with Crippen LogP contribution in [-0.4, -0.2) is 71.0 Å². The number of amides is 1. The molecule has 1 N–H and O–H groups in total. The summed E-state index contributed by atoms with van der Waals surface area (Å²) in [6, 6.07) is 0. The topological polar surface area (TPSA) is 35.6 Å². The van der Waals surface area contributed by atoms with E-state index in [0.29, 0.717) is 16.4 Å². The van der Waals surface area contributed by atoms with Crippen molar-refractivity contribution in [2.75, 3.05) is 39.3 Å². The van der Waals surface area contributed by atoms with Crippen molar-refractivity contribution in [3.8, 4) is 0 Å². The van der Waals surface area contributed by atoms with Crippen molar-refractivity contribution in [3.63, 3.8) is 0 Å². The van der Waals surface area contributed by atoms with Gasteiger partial charge in [-0.25, -0.2) is 0 Å². The Morgan fingerprint density at radius 3 is 2.21 bits per heavy atom. The number of hydrogen-bond acceptors (Lipinski definition) is 4. The number of piperazine rings is 1. The van der Waals surface area contributed by atoms with Gasteiger partial charge in [0.25, 0.3) is 0 Å². The zero-order chi connectivity index (χ0) is 14.0. The molecule has 0 aliphatic carbocycles. The van der Waals surface area contributed by atoms with Gasteiger partial charge in [0.2, 0.25) is 5.91 Å². The van der Waals surface area contributed by atoms with Crippen LogP contribution in [0.4, 0.5) is 0 Å². The van der Waals surface area contributed by atoms with Crippen LogP contribution in [0, 0.1) is 0 Å². The van der Waals surface area contributed by atoms with Gasteiger partial charge < -0.3 is 10.2 Å². The third-order valence-corrected chi connectivity index (χ3v) is 5.37. The molecular weight excluding hydrogens is 258 g/mol. The Bertz CT molecular complexity index is 319. The first-order valence-corrected chi connectivity index (χ1v) is 8.26. The molecule has 0 saturated carbocycles. The van der Waals surface area contributed by atoms with E-state index in [-0.39, 0.29) is 5.54 Å². The number of nitrogens with one attached hydrogen (secondary N) is 1. The van der Waals surface area contributed by atoms with Crippen molar-refractivity contribution in [1.29, 1.82) is 0 Å². The Labute approximate surface area is 121 Å². The molecule has 0 radical (unpaired) electrons. The zero-order valence-electron chi connectivity index (χ0n) is 12.6. The number of nitrogens with zero attached hydrogens (tertiary/aromatic N) is 2. The number of carbonyl (C=O) groups is 1. The third-order valence-electron chi connectivity index (χ3n) is 4.14. The molecule has 2 atom stereocenters. The molecular formula is C14H27N3OS. The van der Waals surface area contributed by atoms with E-state index in [2.05, 4.69) is 42.8 Å². The lowest BCUT2D eigenvalue weighted by Gasteiger charge is -2.45. The van der Waals surface area contributed by atoms with Gasteiger partial charge in [-0.15, -0.1) is 0 Å². The SMILES string of the molecule is CC1CN(C(=O)C(C)(C)N2CCNCC2)CC(C)S1. The molecule has 5 heteroatoms. The quantitative estimate of drug-likeness (QED) is 0.822. The highest BCUT2D eigenvalue weighted by Crippen LogP contribution is 2.27. The largest absolute Gasteiger partial charge is 0.339 e. The summed E-state index contributed by atoms with van der Waals surface area (Å²) >= 11 is 1.99. The van der Waals surface area contributed by atoms with Crippen molar-refractivity contribution in [2.24, 2.45) is 0 Å². The van der Waals surface area contributed by atoms with Gasteiger partial charge in [-0.2, -0.15) is 11.8 Å². The van der Waals surface area contributed by atoms with Crippen molar-refractivity contribution in [2.45, 2.75) is 43.7 Å². The third kappa shape index (κ3) is 3.44. The lowest BCUT2D eigenvalue weighted by atomic mass is 9.99. The second-order valence-electron chi connectivity index (χ2n) is 6.26. The minimum Gasteiger partial charge on any atom is -0.339 e. The monoisotopic (exact) mass is 285 g/mol. The minimum absolute atomic E-state index is 0.299. The molecule has 19 heavy (non-hydrogen) atoms. The summed E-state index contributed by atoms with van der Waals surface area (Å²) < 4.78 is 0. The lowest BCUT2D eigenvalue weighted by molar-refractivity contribution is -0.143. The van der Waals surface area contributed by atoms with Gasteiger partial charge in [-0.3, -0.25) is 9.69 Å². The van der Waals surface area contributed by atoms with Crippen molar-refractivity contribution in [3.05, 3.63) is 0 Å². The van der Waals surface area contributed by atoms with E-state index in [1.165, 1.54) is 0 Å². The maximum absolute atomic E-state index is 12.9. The number of rotatable bonds is 2. The highest BCUT2D eigenvalue weighted by Gasteiger charge is 2.40. The summed E-state index contributed by atoms with van der Waals surface area (Å²) in [5, 5.41) is 4.44. The first kappa shape index (κ1) is 15.1. The van der Waals surface area contributed by atoms with Gasteiger partial charge in [0.05, 0.1) is 5.54 Å². The Morgan fingerprint density at radius 2 is 1.68 bits per heavy atom. The van der Waals surface area contributed by atoms with E-state index in [0.717, 1.165) is 39.3 Å². The van der Waals surface area contributed by atoms with E-state index in [9.17, 15) is 4.79 Å². The first-order valence-electron chi connectivity index (χ1n) is 7.32. The second kappa shape index (κ2) is 6.02. The molecule has 2 aliphatic heterocycles. The van der Waals surface area contributed by atoms with Crippen LogP contribution >= 0.6 is 11.8 Å². The van der Waals surface area contributed by atoms with Crippen LogP contribution in [0.1, 0.15) is 27.7 Å². The molecule has 110 valence electrons. The van der Waals surface area contributed by atoms with E-state index in [1.54, 1.807) is 0 Å². The molecule has 2 heterocycles. The maximum Gasteiger partial charge on any atom is 0.242 e. The van der Waals surface area contributed by atoms with Crippen LogP contribution in [0.2, 0.25) is 0 Å². The molecule has 0 aromatic heterocycles. The van der Waals surface area contributed by atoms with E-state index in [4.69, 9.17) is 0 Å². The fourth-order valence-electron chi connectivity index (χ4n) is 3.09. The second-order valence-corrected chi connectivity index (χ2v) is 8.15. The van der Waals surface area contributed by atoms with Crippen LogP contribution in [0.3, 0.4) is 0 Å². The van der Waals surface area contributed by atoms with Crippen molar-refractivity contribution >= 4 is 17.7 Å². The van der Waals surface area contributed by atoms with Gasteiger partial charge in [-0.1, -0.05) is 13.8 Å². The molecule has 2 unspecified atom stereocenters. The summed E-state index contributed by atoms with van der Waals surface area (Å²) in [6.45, 7) is 14.3. The normalized spacial score (nSPS) is 30.4. The average molecular weight is 285 g/mol. The number of hydrogen-bond donors (Lipinski definition) is 1. The van der Waals surface area contributed by atoms with Gasteiger partial charge in [0.1, 0.15) is 0 Å². The fourth-order valence-corrected chi connectivity index (χ4v) is 4.41. The standard InChI is InChI=1S/C14H27N3OS/c1-11-9-16(10-12(2)19-11)13(18)14(3,4)17-7-5-15-6-8-17/h11-12,15H,5-10H2,1-4H3. The van der Waals surface area contributed by atoms with Crippen molar-refractivity contribution in [1.82, 2.24) is 15.1 Å². The summed E-state index contributed by atoms with van der Waals surface area (Å²) in [4.78, 5) is 17.3. The summed E-state index contributed by atoms with van der Waals surface area (Å²) in [5.74, 6) is 0.299. The molecule has 2 aliphatic rings. The molecule has 0 aromatic rings. The molecule has 0 aromatic carbocycles. The van der Waals surface area contributed by atoms with E-state index in [1.807, 2.05) is 11.8 Å². The molecule has 4 nitrogen and oxygen atoms in total. The van der Waals surface area contributed by atoms with Crippen molar-refractivity contribution < 1.29 is 4.79 Å². The Hall–Kier alpha value is -0.260. The minimum atomic E-state index is -0.371. The highest BCUT2D eigenvalue weighted by molar-refractivity contribution is 8.00. The lowest BCUT2D eigenvalue weighted by Crippen LogP contribution is -2.62. The van der Waals surface area contributed by atoms with E-state index >= 15 is 0 Å². The Balaban J connectivity index is 2.04. The summed E-state index contributed by atoms with van der Waals surface area (Å²) in [5.41, 5.74) is -0.371. The molecule has 2 rings (SSSR count). The smallest absolute Gasteiger partial charge is 0.242 e. The molecule has 0 spiro atoms. The van der Waals surface area contributed by atoms with Crippen LogP contribution < -0.4 is 5.32 Å². The number of thioether (sulfide) groups is 1. The van der Waals surface area contributed by atoms with Gasteiger partial charge in [-0.05, 0) is 13.8 Å². The van der Waals surface area contributed by atoms with Gasteiger partial charge in [0.15, 0.2) is 0 Å². The van der Waals surface area contributed by atoms with Crippen LogP contribution in [0.25, 0.3) is 0 Å². The summed E-state index contributed by atoms with van der Waals surface area (Å²) in [6.07, 6.45) is 0. The predicted octanol–water partition coefficient (Wildman–Crippen LogP) is 1.02. The van der Waals surface area contributed by atoms with Gasteiger partial charge >= 0.3 is 0 Å².